The highest BCUT2D eigenvalue weighted by atomic mass is 32.1. The van der Waals surface area contributed by atoms with Crippen molar-refractivity contribution in [1.29, 1.82) is 0 Å². The van der Waals surface area contributed by atoms with Gasteiger partial charge in [-0.05, 0) is 48.7 Å². The van der Waals surface area contributed by atoms with Crippen molar-refractivity contribution >= 4 is 44.7 Å². The van der Waals surface area contributed by atoms with Crippen LogP contribution in [0.15, 0.2) is 47.8 Å². The summed E-state index contributed by atoms with van der Waals surface area (Å²) >= 11 is 1.51. The third-order valence-corrected chi connectivity index (χ3v) is 7.68. The number of rotatable bonds is 6. The molecule has 184 valence electrons. The lowest BCUT2D eigenvalue weighted by Crippen LogP contribution is -2.44. The molecule has 0 atom stereocenters. The Morgan fingerprint density at radius 3 is 2.69 bits per heavy atom. The predicted molar refractivity (Wildman–Crippen MR) is 143 cm³/mol. The van der Waals surface area contributed by atoms with Gasteiger partial charge in [-0.3, -0.25) is 4.79 Å². The lowest BCUT2D eigenvalue weighted by molar-refractivity contribution is 0.0992. The summed E-state index contributed by atoms with van der Waals surface area (Å²) in [7, 11) is 3.81. The number of hydrogen-bond donors (Lipinski definition) is 1. The number of aromatic nitrogens is 2. The van der Waals surface area contributed by atoms with E-state index in [1.807, 2.05) is 41.8 Å². The van der Waals surface area contributed by atoms with Crippen molar-refractivity contribution in [2.75, 3.05) is 50.6 Å². The zero-order chi connectivity index (χ0) is 24.6. The summed E-state index contributed by atoms with van der Waals surface area (Å²) < 4.78 is 12.8. The van der Waals surface area contributed by atoms with Crippen molar-refractivity contribution < 1.29 is 14.3 Å². The molecule has 1 aliphatic heterocycles. The maximum absolute atomic E-state index is 12.5. The van der Waals surface area contributed by atoms with E-state index < -0.39 is 0 Å². The van der Waals surface area contributed by atoms with Gasteiger partial charge in [-0.2, -0.15) is 4.98 Å². The van der Waals surface area contributed by atoms with Crippen molar-refractivity contribution in [2.45, 2.75) is 12.8 Å². The van der Waals surface area contributed by atoms with E-state index in [1.165, 1.54) is 11.3 Å². The summed E-state index contributed by atoms with van der Waals surface area (Å²) in [4.78, 5) is 26.6. The maximum atomic E-state index is 12.5. The Labute approximate surface area is 213 Å². The average Bonchev–Trinajstić information content (AvgIpc) is 3.52. The fourth-order valence-corrected chi connectivity index (χ4v) is 5.55. The van der Waals surface area contributed by atoms with Crippen molar-refractivity contribution in [2.24, 2.45) is 0 Å². The number of carbonyl (C=O) groups excluding carboxylic acids is 1. The van der Waals surface area contributed by atoms with Crippen LogP contribution in [0.25, 0.3) is 10.2 Å². The quantitative estimate of drug-likeness (QED) is 0.390. The summed E-state index contributed by atoms with van der Waals surface area (Å²) in [6.07, 6.45) is 1.27. The standard InChI is InChI=1S/C27H27N5O3S/c1-31-11-13-32(14-12-31)18-7-8-19(23(16-18)34-2)28-27-29-20-10-15-36-25(20)26(30-27)35-22-5-3-4-17-6-9-21(33)24(17)22/h3-5,7-8,10,15-16H,6,9,11-14H2,1-2H3,(H,28,29,30). The highest BCUT2D eigenvalue weighted by Crippen LogP contribution is 2.38. The lowest BCUT2D eigenvalue weighted by Gasteiger charge is -2.34. The largest absolute Gasteiger partial charge is 0.494 e. The number of anilines is 3. The number of ketones is 1. The van der Waals surface area contributed by atoms with Crippen LogP contribution >= 0.6 is 11.3 Å². The molecule has 1 saturated heterocycles. The van der Waals surface area contributed by atoms with Gasteiger partial charge >= 0.3 is 0 Å². The number of likely N-dealkylation sites (N-methyl/N-ethyl adjacent to an activating group) is 1. The summed E-state index contributed by atoms with van der Waals surface area (Å²) in [5.74, 6) is 2.21. The third-order valence-electron chi connectivity index (χ3n) is 6.79. The van der Waals surface area contributed by atoms with Gasteiger partial charge < -0.3 is 24.6 Å². The molecule has 0 unspecified atom stereocenters. The highest BCUT2D eigenvalue weighted by Gasteiger charge is 2.25. The SMILES string of the molecule is COc1cc(N2CCN(C)CC2)ccc1Nc1nc(Oc2cccc3c2C(=O)CC3)c2sccc2n1. The molecule has 0 spiro atoms. The van der Waals surface area contributed by atoms with Gasteiger partial charge in [0.1, 0.15) is 16.2 Å². The van der Waals surface area contributed by atoms with Gasteiger partial charge in [0, 0.05) is 44.4 Å². The van der Waals surface area contributed by atoms with Crippen molar-refractivity contribution in [3.8, 4) is 17.4 Å². The first-order valence-electron chi connectivity index (χ1n) is 12.1. The van der Waals surface area contributed by atoms with Crippen molar-refractivity contribution in [3.63, 3.8) is 0 Å². The van der Waals surface area contributed by atoms with Crippen LogP contribution < -0.4 is 19.7 Å². The van der Waals surface area contributed by atoms with E-state index >= 15 is 0 Å². The van der Waals surface area contributed by atoms with E-state index in [2.05, 4.69) is 33.2 Å². The monoisotopic (exact) mass is 501 g/mol. The molecular formula is C27H27N5O3S. The van der Waals surface area contributed by atoms with E-state index in [-0.39, 0.29) is 5.78 Å². The molecule has 4 aromatic rings. The van der Waals surface area contributed by atoms with Crippen LogP contribution in [0.4, 0.5) is 17.3 Å². The van der Waals surface area contributed by atoms with Gasteiger partial charge in [0.25, 0.3) is 0 Å². The van der Waals surface area contributed by atoms with Gasteiger partial charge in [-0.1, -0.05) is 12.1 Å². The van der Waals surface area contributed by atoms with Gasteiger partial charge in [-0.15, -0.1) is 11.3 Å². The molecule has 0 saturated carbocycles. The molecule has 2 aromatic heterocycles. The number of nitrogens with zero attached hydrogens (tertiary/aromatic N) is 4. The van der Waals surface area contributed by atoms with E-state index in [1.54, 1.807) is 7.11 Å². The number of nitrogens with one attached hydrogen (secondary N) is 1. The van der Waals surface area contributed by atoms with Crippen LogP contribution in [0.1, 0.15) is 22.3 Å². The first-order chi connectivity index (χ1) is 17.6. The average molecular weight is 502 g/mol. The van der Waals surface area contributed by atoms with Crippen molar-refractivity contribution in [1.82, 2.24) is 14.9 Å². The van der Waals surface area contributed by atoms with Crippen LogP contribution in [0.2, 0.25) is 0 Å². The number of thiophene rings is 1. The van der Waals surface area contributed by atoms with E-state index in [9.17, 15) is 4.79 Å². The molecule has 0 radical (unpaired) electrons. The van der Waals surface area contributed by atoms with Gasteiger partial charge in [-0.25, -0.2) is 4.98 Å². The Morgan fingerprint density at radius 1 is 1.00 bits per heavy atom. The summed E-state index contributed by atoms with van der Waals surface area (Å²) in [6, 6.07) is 13.8. The number of Topliss-reactive ketones (excluding diaryl/α,β-unsaturated/α-hetero) is 1. The molecule has 0 amide bonds. The Balaban J connectivity index is 1.31. The summed E-state index contributed by atoms with van der Waals surface area (Å²) in [5.41, 5.74) is 4.37. The van der Waals surface area contributed by atoms with Crippen LogP contribution in [0.5, 0.6) is 17.4 Å². The second-order valence-corrected chi connectivity index (χ2v) is 10.0. The molecule has 6 rings (SSSR count). The first-order valence-corrected chi connectivity index (χ1v) is 12.9. The second-order valence-electron chi connectivity index (χ2n) is 9.10. The number of carbonyl (C=O) groups is 1. The van der Waals surface area contributed by atoms with E-state index in [0.717, 1.165) is 65.5 Å². The number of fused-ring (bicyclic) bond motifs is 2. The fraction of sp³-hybridized carbons (Fsp3) is 0.296. The molecule has 0 bridgehead atoms. The third kappa shape index (κ3) is 4.25. The normalized spacial score (nSPS) is 15.8. The van der Waals surface area contributed by atoms with Gasteiger partial charge in [0.2, 0.25) is 11.8 Å². The molecule has 1 N–H and O–H groups in total. The summed E-state index contributed by atoms with van der Waals surface area (Å²) in [5, 5.41) is 5.27. The number of hydrogen-bond acceptors (Lipinski definition) is 9. The smallest absolute Gasteiger partial charge is 0.242 e. The van der Waals surface area contributed by atoms with Crippen LogP contribution in [0.3, 0.4) is 0 Å². The minimum atomic E-state index is 0.112. The Bertz CT molecular complexity index is 1440. The van der Waals surface area contributed by atoms with Gasteiger partial charge in [0.05, 0.1) is 23.9 Å². The van der Waals surface area contributed by atoms with Crippen LogP contribution in [0, 0.1) is 0 Å². The Hall–Kier alpha value is -3.69. The minimum Gasteiger partial charge on any atom is -0.494 e. The van der Waals surface area contributed by atoms with Gasteiger partial charge in [0.15, 0.2) is 5.78 Å². The van der Waals surface area contributed by atoms with Crippen molar-refractivity contribution in [3.05, 3.63) is 59.0 Å². The molecule has 3 heterocycles. The summed E-state index contributed by atoms with van der Waals surface area (Å²) in [6.45, 7) is 4.04. The minimum absolute atomic E-state index is 0.112. The van der Waals surface area contributed by atoms with Crippen LogP contribution in [-0.4, -0.2) is 61.0 Å². The Kier molecular flexibility index (Phi) is 5.94. The number of piperazine rings is 1. The molecule has 2 aromatic carbocycles. The zero-order valence-corrected chi connectivity index (χ0v) is 21.1. The maximum Gasteiger partial charge on any atom is 0.242 e. The molecule has 8 nitrogen and oxygen atoms in total. The molecule has 1 aliphatic carbocycles. The first kappa shape index (κ1) is 22.8. The molecule has 9 heteroatoms. The van der Waals surface area contributed by atoms with E-state index in [4.69, 9.17) is 14.5 Å². The zero-order valence-electron chi connectivity index (χ0n) is 20.3. The number of ether oxygens (including phenoxy) is 2. The molecule has 1 fully saturated rings. The topological polar surface area (TPSA) is 79.8 Å². The number of methoxy groups -OCH3 is 1. The second kappa shape index (κ2) is 9.40. The molecular weight excluding hydrogens is 474 g/mol. The Morgan fingerprint density at radius 2 is 1.86 bits per heavy atom. The van der Waals surface area contributed by atoms with Crippen LogP contribution in [-0.2, 0) is 6.42 Å². The van der Waals surface area contributed by atoms with E-state index in [0.29, 0.717) is 29.6 Å². The molecule has 2 aliphatic rings. The number of benzene rings is 2. The predicted octanol–water partition coefficient (Wildman–Crippen LogP) is 5.12. The number of aryl methyl sites for hydroxylation is 1. The highest BCUT2D eigenvalue weighted by molar-refractivity contribution is 7.17. The lowest BCUT2D eigenvalue weighted by atomic mass is 10.1. The fourth-order valence-electron chi connectivity index (χ4n) is 4.79. The molecule has 36 heavy (non-hydrogen) atoms.